The lowest BCUT2D eigenvalue weighted by Gasteiger charge is -2.21. The third-order valence-corrected chi connectivity index (χ3v) is 5.22. The van der Waals surface area contributed by atoms with Gasteiger partial charge in [-0.05, 0) is 25.7 Å². The van der Waals surface area contributed by atoms with E-state index in [9.17, 15) is 13.2 Å². The molecule has 0 aromatic heterocycles. The van der Waals surface area contributed by atoms with Crippen molar-refractivity contribution < 1.29 is 18.3 Å². The van der Waals surface area contributed by atoms with E-state index in [0.29, 0.717) is 19.0 Å². The first-order valence-electron chi connectivity index (χ1n) is 5.42. The van der Waals surface area contributed by atoms with Gasteiger partial charge in [-0.3, -0.25) is 4.79 Å². The highest BCUT2D eigenvalue weighted by Gasteiger charge is 2.43. The van der Waals surface area contributed by atoms with Crippen LogP contribution in [-0.4, -0.2) is 53.8 Å². The second-order valence-electron chi connectivity index (χ2n) is 4.43. The fourth-order valence-corrected chi connectivity index (χ4v) is 3.69. The summed E-state index contributed by atoms with van der Waals surface area (Å²) in [6.07, 6.45) is 2.17. The fourth-order valence-electron chi connectivity index (χ4n) is 1.88. The smallest absolute Gasteiger partial charge is 0.321 e. The summed E-state index contributed by atoms with van der Waals surface area (Å²) in [4.78, 5) is 10.8. The van der Waals surface area contributed by atoms with E-state index < -0.39 is 22.2 Å². The van der Waals surface area contributed by atoms with Crippen LogP contribution in [0, 0.1) is 5.92 Å². The van der Waals surface area contributed by atoms with Crippen LogP contribution in [0.1, 0.15) is 19.8 Å². The van der Waals surface area contributed by atoms with Gasteiger partial charge in [0, 0.05) is 19.6 Å². The Kier molecular flexibility index (Phi) is 2.93. The molecule has 1 aliphatic heterocycles. The first-order valence-corrected chi connectivity index (χ1v) is 6.82. The van der Waals surface area contributed by atoms with Gasteiger partial charge in [0.25, 0.3) is 10.2 Å². The molecule has 1 N–H and O–H groups in total. The van der Waals surface area contributed by atoms with Crippen molar-refractivity contribution in [3.63, 3.8) is 0 Å². The number of nitrogens with zero attached hydrogens (tertiary/aromatic N) is 2. The molecule has 1 atom stereocenters. The Morgan fingerprint density at radius 3 is 2.56 bits per heavy atom. The molecule has 1 aliphatic carbocycles. The Morgan fingerprint density at radius 1 is 1.44 bits per heavy atom. The monoisotopic (exact) mass is 248 g/mol. The van der Waals surface area contributed by atoms with E-state index in [1.807, 2.05) is 0 Å². The summed E-state index contributed by atoms with van der Waals surface area (Å²) < 4.78 is 26.5. The van der Waals surface area contributed by atoms with Gasteiger partial charge in [0.2, 0.25) is 0 Å². The number of hydrogen-bond acceptors (Lipinski definition) is 3. The van der Waals surface area contributed by atoms with Crippen molar-refractivity contribution in [3.05, 3.63) is 0 Å². The van der Waals surface area contributed by atoms with E-state index >= 15 is 0 Å². The molecule has 0 unspecified atom stereocenters. The van der Waals surface area contributed by atoms with E-state index in [4.69, 9.17) is 5.11 Å². The zero-order chi connectivity index (χ0) is 11.9. The minimum Gasteiger partial charge on any atom is -0.480 e. The molecule has 0 bridgehead atoms. The lowest BCUT2D eigenvalue weighted by molar-refractivity contribution is -0.140. The van der Waals surface area contributed by atoms with Gasteiger partial charge in [0.05, 0.1) is 0 Å². The fraction of sp³-hybridized carbons (Fsp3) is 0.889. The van der Waals surface area contributed by atoms with Crippen molar-refractivity contribution in [2.75, 3.05) is 19.6 Å². The maximum atomic E-state index is 12.0. The highest BCUT2D eigenvalue weighted by Crippen LogP contribution is 2.32. The van der Waals surface area contributed by atoms with Crippen LogP contribution in [0.5, 0.6) is 0 Å². The predicted molar refractivity (Wildman–Crippen MR) is 57.0 cm³/mol. The summed E-state index contributed by atoms with van der Waals surface area (Å²) in [6, 6.07) is -0.978. The van der Waals surface area contributed by atoms with Crippen molar-refractivity contribution in [1.82, 2.24) is 8.61 Å². The van der Waals surface area contributed by atoms with Gasteiger partial charge in [-0.2, -0.15) is 17.0 Å². The Balaban J connectivity index is 2.09. The zero-order valence-electron chi connectivity index (χ0n) is 9.16. The van der Waals surface area contributed by atoms with E-state index in [-0.39, 0.29) is 6.54 Å². The number of carboxylic acid groups (broad SMARTS) is 1. The number of rotatable bonds is 4. The van der Waals surface area contributed by atoms with Crippen LogP contribution in [0.15, 0.2) is 0 Å². The van der Waals surface area contributed by atoms with Crippen LogP contribution in [0.25, 0.3) is 0 Å². The summed E-state index contributed by atoms with van der Waals surface area (Å²) in [7, 11) is -3.54. The van der Waals surface area contributed by atoms with Crippen LogP contribution < -0.4 is 0 Å². The molecule has 92 valence electrons. The summed E-state index contributed by atoms with van der Waals surface area (Å²) in [6.45, 7) is 2.64. The summed E-state index contributed by atoms with van der Waals surface area (Å²) >= 11 is 0. The van der Waals surface area contributed by atoms with Crippen molar-refractivity contribution >= 4 is 16.2 Å². The van der Waals surface area contributed by atoms with Crippen molar-refractivity contribution in [2.24, 2.45) is 5.92 Å². The Labute approximate surface area is 95.0 Å². The van der Waals surface area contributed by atoms with E-state index in [2.05, 4.69) is 0 Å². The molecule has 0 spiro atoms. The standard InChI is InChI=1S/C9H16N2O4S/c1-7(9(12)13)11-5-4-10(16(11,14)15)6-8-2-3-8/h7-8H,2-6H2,1H3,(H,12,13)/t7-/m1/s1. The van der Waals surface area contributed by atoms with Crippen molar-refractivity contribution in [2.45, 2.75) is 25.8 Å². The van der Waals surface area contributed by atoms with Gasteiger partial charge in [0.1, 0.15) is 6.04 Å². The van der Waals surface area contributed by atoms with E-state index in [1.165, 1.54) is 11.2 Å². The van der Waals surface area contributed by atoms with Gasteiger partial charge in [-0.15, -0.1) is 0 Å². The van der Waals surface area contributed by atoms with Crippen LogP contribution in [0.3, 0.4) is 0 Å². The molecule has 0 aromatic carbocycles. The molecule has 2 fully saturated rings. The normalized spacial score (nSPS) is 28.1. The second kappa shape index (κ2) is 3.97. The van der Waals surface area contributed by atoms with Gasteiger partial charge in [-0.25, -0.2) is 0 Å². The zero-order valence-corrected chi connectivity index (χ0v) is 9.98. The van der Waals surface area contributed by atoms with Crippen molar-refractivity contribution in [1.29, 1.82) is 0 Å². The first kappa shape index (κ1) is 11.8. The maximum absolute atomic E-state index is 12.0. The lowest BCUT2D eigenvalue weighted by atomic mass is 10.3. The molecule has 1 saturated carbocycles. The topological polar surface area (TPSA) is 77.9 Å². The summed E-state index contributed by atoms with van der Waals surface area (Å²) in [5, 5.41) is 8.83. The second-order valence-corrected chi connectivity index (χ2v) is 6.32. The van der Waals surface area contributed by atoms with Crippen LogP contribution in [0.4, 0.5) is 0 Å². The molecule has 2 rings (SSSR count). The van der Waals surface area contributed by atoms with Crippen molar-refractivity contribution in [3.8, 4) is 0 Å². The molecule has 2 aliphatic rings. The van der Waals surface area contributed by atoms with Gasteiger partial charge in [0.15, 0.2) is 0 Å². The van der Waals surface area contributed by atoms with Gasteiger partial charge < -0.3 is 5.11 Å². The molecule has 0 amide bonds. The average molecular weight is 248 g/mol. The molecule has 0 aromatic rings. The maximum Gasteiger partial charge on any atom is 0.321 e. The third-order valence-electron chi connectivity index (χ3n) is 3.14. The highest BCUT2D eigenvalue weighted by molar-refractivity contribution is 7.87. The van der Waals surface area contributed by atoms with E-state index in [1.54, 1.807) is 0 Å². The predicted octanol–water partition coefficient (Wildman–Crippen LogP) is -0.268. The number of carboxylic acids is 1. The minimum atomic E-state index is -3.54. The molecule has 16 heavy (non-hydrogen) atoms. The SMILES string of the molecule is C[C@H](C(=O)O)N1CCN(CC2CC2)S1(=O)=O. The van der Waals surface area contributed by atoms with Crippen LogP contribution >= 0.6 is 0 Å². The summed E-state index contributed by atoms with van der Waals surface area (Å²) in [5.41, 5.74) is 0. The molecular weight excluding hydrogens is 232 g/mol. The highest BCUT2D eigenvalue weighted by atomic mass is 32.2. The number of aliphatic carboxylic acids is 1. The number of hydrogen-bond donors (Lipinski definition) is 1. The Hall–Kier alpha value is -0.660. The largest absolute Gasteiger partial charge is 0.480 e. The van der Waals surface area contributed by atoms with Crippen LogP contribution in [-0.2, 0) is 15.0 Å². The van der Waals surface area contributed by atoms with Gasteiger partial charge >= 0.3 is 5.97 Å². The quantitative estimate of drug-likeness (QED) is 0.743. The molecule has 1 heterocycles. The molecule has 0 radical (unpaired) electrons. The van der Waals surface area contributed by atoms with E-state index in [0.717, 1.165) is 17.1 Å². The number of carbonyl (C=O) groups is 1. The molecular formula is C9H16N2O4S. The third kappa shape index (κ3) is 2.07. The average Bonchev–Trinajstić information content (AvgIpc) is 2.94. The van der Waals surface area contributed by atoms with Crippen LogP contribution in [0.2, 0.25) is 0 Å². The van der Waals surface area contributed by atoms with Gasteiger partial charge in [-0.1, -0.05) is 0 Å². The first-order chi connectivity index (χ1) is 7.43. The summed E-state index contributed by atoms with van der Waals surface area (Å²) in [5.74, 6) is -0.619. The Morgan fingerprint density at radius 2 is 2.06 bits per heavy atom. The Bertz CT molecular complexity index is 390. The molecule has 6 nitrogen and oxygen atoms in total. The molecule has 1 saturated heterocycles. The minimum absolute atomic E-state index is 0.280. The lowest BCUT2D eigenvalue weighted by Crippen LogP contribution is -2.42. The molecule has 7 heteroatoms.